The smallest absolute Gasteiger partial charge is 0.133 e. The fourth-order valence-corrected chi connectivity index (χ4v) is 5.83. The van der Waals surface area contributed by atoms with Crippen LogP contribution in [0.3, 0.4) is 0 Å². The van der Waals surface area contributed by atoms with Crippen molar-refractivity contribution in [2.45, 2.75) is 32.1 Å². The van der Waals surface area contributed by atoms with Crippen LogP contribution in [0, 0.1) is 11.7 Å². The average Bonchev–Trinajstić information content (AvgIpc) is 3.46. The highest BCUT2D eigenvalue weighted by atomic mass is 19.1. The maximum atomic E-state index is 14.0. The van der Waals surface area contributed by atoms with Gasteiger partial charge in [-0.1, -0.05) is 56.7 Å². The molecule has 3 N–H and O–H groups in total. The Balaban J connectivity index is 1.31. The lowest BCUT2D eigenvalue weighted by Crippen LogP contribution is -2.14. The third-order valence-corrected chi connectivity index (χ3v) is 8.05. The van der Waals surface area contributed by atoms with Crippen molar-refractivity contribution < 1.29 is 4.39 Å². The van der Waals surface area contributed by atoms with E-state index in [9.17, 15) is 4.39 Å². The molecule has 1 aliphatic rings. The topological polar surface area (TPSA) is 65.6 Å². The van der Waals surface area contributed by atoms with Gasteiger partial charge in [-0.25, -0.2) is 9.37 Å². The molecule has 5 nitrogen and oxygen atoms in total. The van der Waals surface area contributed by atoms with E-state index in [-0.39, 0.29) is 5.82 Å². The van der Waals surface area contributed by atoms with E-state index in [1.165, 1.54) is 38.2 Å². The van der Waals surface area contributed by atoms with Crippen molar-refractivity contribution in [1.82, 2.24) is 15.0 Å². The van der Waals surface area contributed by atoms with Crippen LogP contribution in [0.4, 0.5) is 15.9 Å². The van der Waals surface area contributed by atoms with Crippen LogP contribution in [0.1, 0.15) is 43.4 Å². The van der Waals surface area contributed by atoms with Crippen LogP contribution in [0.5, 0.6) is 0 Å². The lowest BCUT2D eigenvalue weighted by atomic mass is 9.87. The fourth-order valence-electron chi connectivity index (χ4n) is 5.83. The molecule has 5 aromatic rings. The van der Waals surface area contributed by atoms with Gasteiger partial charge in [-0.3, -0.25) is 4.98 Å². The number of halogens is 1. The van der Waals surface area contributed by atoms with E-state index in [1.54, 1.807) is 12.1 Å². The molecule has 1 aliphatic carbocycles. The highest BCUT2D eigenvalue weighted by Crippen LogP contribution is 2.36. The first-order valence-electron chi connectivity index (χ1n) is 14.2. The molecule has 0 atom stereocenters. The van der Waals surface area contributed by atoms with Crippen molar-refractivity contribution in [1.29, 1.82) is 0 Å². The molecule has 6 rings (SSSR count). The molecule has 1 fully saturated rings. The Hall–Kier alpha value is -4.71. The van der Waals surface area contributed by atoms with E-state index in [4.69, 9.17) is 4.98 Å². The molecule has 1 saturated carbocycles. The highest BCUT2D eigenvalue weighted by Gasteiger charge is 2.18. The van der Waals surface area contributed by atoms with Crippen molar-refractivity contribution in [3.05, 3.63) is 115 Å². The second-order valence-electron chi connectivity index (χ2n) is 10.8. The van der Waals surface area contributed by atoms with E-state index >= 15 is 0 Å². The number of anilines is 2. The van der Waals surface area contributed by atoms with E-state index < -0.39 is 0 Å². The molecular formula is C35H34FN5. The number of benzene rings is 2. The van der Waals surface area contributed by atoms with Crippen molar-refractivity contribution >= 4 is 28.0 Å². The Bertz CT molecular complexity index is 1750. The van der Waals surface area contributed by atoms with E-state index in [0.717, 1.165) is 67.2 Å². The van der Waals surface area contributed by atoms with E-state index in [0.29, 0.717) is 5.92 Å². The van der Waals surface area contributed by atoms with Gasteiger partial charge < -0.3 is 15.6 Å². The Morgan fingerprint density at radius 2 is 1.71 bits per heavy atom. The van der Waals surface area contributed by atoms with Crippen molar-refractivity contribution in [3.63, 3.8) is 0 Å². The Labute approximate surface area is 240 Å². The van der Waals surface area contributed by atoms with Crippen LogP contribution in [0.2, 0.25) is 0 Å². The Kier molecular flexibility index (Phi) is 7.38. The largest absolute Gasteiger partial charge is 0.373 e. The molecule has 41 heavy (non-hydrogen) atoms. The van der Waals surface area contributed by atoms with Crippen molar-refractivity contribution in [2.75, 3.05) is 17.7 Å². The lowest BCUT2D eigenvalue weighted by molar-refractivity contribution is 0.405. The number of allylic oxidation sites excluding steroid dienone is 1. The quantitative estimate of drug-likeness (QED) is 0.183. The summed E-state index contributed by atoms with van der Waals surface area (Å²) in [4.78, 5) is 12.7. The summed E-state index contributed by atoms with van der Waals surface area (Å²) in [5.41, 5.74) is 9.20. The normalized spacial score (nSPS) is 13.7. The molecular weight excluding hydrogens is 509 g/mol. The minimum absolute atomic E-state index is 0.256. The maximum Gasteiger partial charge on any atom is 0.133 e. The molecule has 0 bridgehead atoms. The van der Waals surface area contributed by atoms with Gasteiger partial charge in [-0.15, -0.1) is 0 Å². The molecule has 0 aliphatic heterocycles. The summed E-state index contributed by atoms with van der Waals surface area (Å²) in [7, 11) is 1.86. The third-order valence-electron chi connectivity index (χ3n) is 8.05. The first-order valence-corrected chi connectivity index (χ1v) is 14.2. The number of hydrogen-bond donors (Lipinski definition) is 3. The fraction of sp³-hybridized carbons (Fsp3) is 0.200. The molecule has 2 aromatic carbocycles. The number of nitrogens with zero attached hydrogens (tertiary/aromatic N) is 2. The predicted molar refractivity (Wildman–Crippen MR) is 168 cm³/mol. The predicted octanol–water partition coefficient (Wildman–Crippen LogP) is 9.04. The summed E-state index contributed by atoms with van der Waals surface area (Å²) in [6, 6.07) is 19.0. The second kappa shape index (κ2) is 11.4. The van der Waals surface area contributed by atoms with Crippen LogP contribution in [-0.2, 0) is 0 Å². The lowest BCUT2D eigenvalue weighted by Gasteiger charge is -2.24. The Morgan fingerprint density at radius 3 is 2.51 bits per heavy atom. The number of rotatable bonds is 8. The summed E-state index contributed by atoms with van der Waals surface area (Å²) >= 11 is 0. The number of nitrogens with one attached hydrogen (secondary N) is 3. The zero-order valence-electron chi connectivity index (χ0n) is 23.3. The van der Waals surface area contributed by atoms with Crippen molar-refractivity contribution in [3.8, 4) is 22.3 Å². The van der Waals surface area contributed by atoms with Gasteiger partial charge in [0.1, 0.15) is 11.6 Å². The third kappa shape index (κ3) is 5.50. The van der Waals surface area contributed by atoms with E-state index in [2.05, 4.69) is 52.0 Å². The van der Waals surface area contributed by atoms with Crippen LogP contribution in [0.15, 0.2) is 98.1 Å². The van der Waals surface area contributed by atoms with Crippen LogP contribution >= 0.6 is 0 Å². The molecule has 0 amide bonds. The number of aromatic nitrogens is 3. The average molecular weight is 544 g/mol. The minimum atomic E-state index is -0.256. The van der Waals surface area contributed by atoms with Crippen LogP contribution in [0.25, 0.3) is 38.7 Å². The molecule has 206 valence electrons. The minimum Gasteiger partial charge on any atom is -0.373 e. The number of pyridine rings is 2. The summed E-state index contributed by atoms with van der Waals surface area (Å²) in [5.74, 6) is 0.987. The monoisotopic (exact) mass is 543 g/mol. The summed E-state index contributed by atoms with van der Waals surface area (Å²) < 4.78 is 14.0. The van der Waals surface area contributed by atoms with E-state index in [1.807, 2.05) is 49.9 Å². The van der Waals surface area contributed by atoms with Gasteiger partial charge in [0.25, 0.3) is 0 Å². The first kappa shape index (κ1) is 26.5. The SMILES string of the molecule is C=C(c1cc2c(-c3cccc(F)c3)cccc2[nH]1)c1cc(-c2cncc(NC(=C)C3CCCCC3)c2)cnc1NC. The standard InChI is InChI=1S/C35H34FN5/c1-22(34-18-32-30(13-8-14-33(32)41-34)25-11-7-12-28(36)15-25)31-17-27(20-39-35(31)37-3)26-16-29(21-38-19-26)40-23(2)24-9-5-4-6-10-24/h7-8,11-21,24,40-41H,1-2,4-6,9-10H2,3H3,(H,37,39). The molecule has 3 heterocycles. The number of H-pyrrole nitrogens is 1. The zero-order chi connectivity index (χ0) is 28.3. The number of aromatic amines is 1. The van der Waals surface area contributed by atoms with Gasteiger partial charge in [0.15, 0.2) is 0 Å². The molecule has 0 spiro atoms. The molecule has 0 radical (unpaired) electrons. The second-order valence-corrected chi connectivity index (χ2v) is 10.8. The number of fused-ring (bicyclic) bond motifs is 1. The van der Waals surface area contributed by atoms with Crippen molar-refractivity contribution in [2.24, 2.45) is 5.92 Å². The van der Waals surface area contributed by atoms with Gasteiger partial charge in [0, 0.05) is 64.0 Å². The van der Waals surface area contributed by atoms with Crippen LogP contribution < -0.4 is 10.6 Å². The number of hydrogen-bond acceptors (Lipinski definition) is 4. The summed E-state index contributed by atoms with van der Waals surface area (Å²) in [6.07, 6.45) is 11.8. The molecule has 0 unspecified atom stereocenters. The highest BCUT2D eigenvalue weighted by molar-refractivity contribution is 5.99. The van der Waals surface area contributed by atoms with Gasteiger partial charge in [-0.2, -0.15) is 0 Å². The summed E-state index contributed by atoms with van der Waals surface area (Å²) in [6.45, 7) is 8.77. The van der Waals surface area contributed by atoms with Gasteiger partial charge >= 0.3 is 0 Å². The Morgan fingerprint density at radius 1 is 0.902 bits per heavy atom. The van der Waals surface area contributed by atoms with Gasteiger partial charge in [0.2, 0.25) is 0 Å². The van der Waals surface area contributed by atoms with Gasteiger partial charge in [-0.05, 0) is 66.3 Å². The maximum absolute atomic E-state index is 14.0. The molecule has 6 heteroatoms. The molecule has 3 aromatic heterocycles. The van der Waals surface area contributed by atoms with Gasteiger partial charge in [0.05, 0.1) is 11.9 Å². The summed E-state index contributed by atoms with van der Waals surface area (Å²) in [5, 5.41) is 7.72. The zero-order valence-corrected chi connectivity index (χ0v) is 23.3. The van der Waals surface area contributed by atoms with Crippen LogP contribution in [-0.4, -0.2) is 22.0 Å². The molecule has 0 saturated heterocycles. The first-order chi connectivity index (χ1) is 20.0.